The summed E-state index contributed by atoms with van der Waals surface area (Å²) in [5.41, 5.74) is 5.71. The zero-order valence-corrected chi connectivity index (χ0v) is 19.9. The van der Waals surface area contributed by atoms with Crippen LogP contribution in [0.25, 0.3) is 11.0 Å². The van der Waals surface area contributed by atoms with Gasteiger partial charge in [-0.1, -0.05) is 31.4 Å². The number of benzene rings is 2. The Morgan fingerprint density at radius 3 is 2.51 bits per heavy atom. The summed E-state index contributed by atoms with van der Waals surface area (Å²) in [6.45, 7) is 3.28. The van der Waals surface area contributed by atoms with E-state index >= 15 is 0 Å². The van der Waals surface area contributed by atoms with Gasteiger partial charge in [0.1, 0.15) is 6.04 Å². The second-order valence-electron chi connectivity index (χ2n) is 9.67. The van der Waals surface area contributed by atoms with Crippen molar-refractivity contribution in [1.82, 2.24) is 15.0 Å². The van der Waals surface area contributed by atoms with Gasteiger partial charge in [0.15, 0.2) is 0 Å². The highest BCUT2D eigenvalue weighted by Gasteiger charge is 2.39. The molecule has 1 aliphatic carbocycles. The fourth-order valence-electron chi connectivity index (χ4n) is 5.68. The molecule has 8 nitrogen and oxygen atoms in total. The fourth-order valence-corrected chi connectivity index (χ4v) is 5.68. The third-order valence-corrected chi connectivity index (χ3v) is 7.58. The topological polar surface area (TPSA) is 90.7 Å². The predicted octanol–water partition coefficient (Wildman–Crippen LogP) is 3.88. The summed E-state index contributed by atoms with van der Waals surface area (Å²) < 4.78 is 5.50. The number of rotatable bonds is 5. The number of aromatic amines is 1. The van der Waals surface area contributed by atoms with E-state index in [1.54, 1.807) is 12.4 Å². The molecule has 1 saturated heterocycles. The van der Waals surface area contributed by atoms with E-state index in [2.05, 4.69) is 39.1 Å². The molecule has 2 aliphatic heterocycles. The number of amides is 1. The van der Waals surface area contributed by atoms with Gasteiger partial charge < -0.3 is 19.6 Å². The zero-order chi connectivity index (χ0) is 23.8. The van der Waals surface area contributed by atoms with Gasteiger partial charge in [-0.05, 0) is 48.7 Å². The van der Waals surface area contributed by atoms with Crippen LogP contribution >= 0.6 is 0 Å². The number of imidazole rings is 1. The van der Waals surface area contributed by atoms with Gasteiger partial charge in [0.2, 0.25) is 0 Å². The van der Waals surface area contributed by atoms with Crippen LogP contribution in [0.1, 0.15) is 43.7 Å². The van der Waals surface area contributed by atoms with Crippen LogP contribution in [0.3, 0.4) is 0 Å². The summed E-state index contributed by atoms with van der Waals surface area (Å²) in [7, 11) is 0. The van der Waals surface area contributed by atoms with Crippen molar-refractivity contribution in [2.75, 3.05) is 36.1 Å². The summed E-state index contributed by atoms with van der Waals surface area (Å²) in [5, 5.41) is 1.88. The van der Waals surface area contributed by atoms with Gasteiger partial charge >= 0.3 is 0 Å². The van der Waals surface area contributed by atoms with Crippen LogP contribution in [-0.4, -0.2) is 53.2 Å². The standard InChI is InChI=1S/C27H32N6O2/c28-33(21-4-2-1-3-5-21)25-17-26(34)32(22-10-11-23-24(16-22)30-18-29-23)27(25)19-6-8-20(9-7-19)31-12-14-35-15-13-31/h6-11,16-18,21,27H,1-5,12-15,28H2,(H,29,30). The van der Waals surface area contributed by atoms with Crippen molar-refractivity contribution in [3.05, 3.63) is 66.1 Å². The molecule has 182 valence electrons. The number of morpholine rings is 1. The zero-order valence-electron chi connectivity index (χ0n) is 19.9. The summed E-state index contributed by atoms with van der Waals surface area (Å²) in [6, 6.07) is 14.5. The lowest BCUT2D eigenvalue weighted by molar-refractivity contribution is -0.113. The van der Waals surface area contributed by atoms with E-state index in [9.17, 15) is 4.79 Å². The van der Waals surface area contributed by atoms with Crippen molar-refractivity contribution < 1.29 is 9.53 Å². The Morgan fingerprint density at radius 2 is 1.74 bits per heavy atom. The van der Waals surface area contributed by atoms with Crippen LogP contribution in [0.4, 0.5) is 11.4 Å². The lowest BCUT2D eigenvalue weighted by Gasteiger charge is -2.37. The number of anilines is 2. The highest BCUT2D eigenvalue weighted by Crippen LogP contribution is 2.41. The molecule has 2 fully saturated rings. The first-order chi connectivity index (χ1) is 17.2. The normalized spacial score (nSPS) is 21.6. The number of nitrogens with zero attached hydrogens (tertiary/aromatic N) is 4. The Bertz CT molecular complexity index is 1220. The van der Waals surface area contributed by atoms with Gasteiger partial charge in [-0.3, -0.25) is 9.69 Å². The number of hydrogen-bond acceptors (Lipinski definition) is 6. The largest absolute Gasteiger partial charge is 0.378 e. The minimum Gasteiger partial charge on any atom is -0.378 e. The van der Waals surface area contributed by atoms with Crippen molar-refractivity contribution in [2.24, 2.45) is 5.84 Å². The van der Waals surface area contributed by atoms with Crippen LogP contribution < -0.4 is 15.6 Å². The molecule has 0 radical (unpaired) electrons. The number of carbonyl (C=O) groups is 1. The second kappa shape index (κ2) is 9.36. The number of nitrogens with one attached hydrogen (secondary N) is 1. The molecular weight excluding hydrogens is 440 g/mol. The van der Waals surface area contributed by atoms with E-state index < -0.39 is 0 Å². The lowest BCUT2D eigenvalue weighted by atomic mass is 9.93. The van der Waals surface area contributed by atoms with E-state index in [1.165, 1.54) is 24.9 Å². The molecular formula is C27H32N6O2. The van der Waals surface area contributed by atoms with Crippen LogP contribution in [0, 0.1) is 0 Å². The molecule has 3 N–H and O–H groups in total. The van der Waals surface area contributed by atoms with Gasteiger partial charge in [0.05, 0.1) is 36.3 Å². The molecule has 8 heteroatoms. The quantitative estimate of drug-likeness (QED) is 0.433. The maximum atomic E-state index is 13.5. The van der Waals surface area contributed by atoms with Gasteiger partial charge in [-0.25, -0.2) is 10.8 Å². The monoisotopic (exact) mass is 472 g/mol. The molecule has 1 unspecified atom stereocenters. The van der Waals surface area contributed by atoms with Crippen molar-refractivity contribution in [3.8, 4) is 0 Å². The van der Waals surface area contributed by atoms with E-state index in [-0.39, 0.29) is 18.0 Å². The molecule has 1 amide bonds. The average Bonchev–Trinajstić information content (AvgIpc) is 3.53. The first-order valence-electron chi connectivity index (χ1n) is 12.6. The summed E-state index contributed by atoms with van der Waals surface area (Å²) in [6.07, 6.45) is 9.14. The van der Waals surface area contributed by atoms with Crippen LogP contribution in [0.15, 0.2) is 60.6 Å². The summed E-state index contributed by atoms with van der Waals surface area (Å²) >= 11 is 0. The first-order valence-corrected chi connectivity index (χ1v) is 12.6. The van der Waals surface area contributed by atoms with E-state index in [0.29, 0.717) is 0 Å². The number of hydrazine groups is 1. The minimum atomic E-state index is -0.284. The minimum absolute atomic E-state index is 0.0487. The fraction of sp³-hybridized carbons (Fsp3) is 0.407. The highest BCUT2D eigenvalue weighted by molar-refractivity contribution is 6.06. The van der Waals surface area contributed by atoms with Gasteiger partial charge in [0.25, 0.3) is 5.91 Å². The van der Waals surface area contributed by atoms with Crippen molar-refractivity contribution >= 4 is 28.3 Å². The number of ether oxygens (including phenoxy) is 1. The number of hydrogen-bond donors (Lipinski definition) is 2. The van der Waals surface area contributed by atoms with Crippen LogP contribution in [0.2, 0.25) is 0 Å². The number of nitrogens with two attached hydrogens (primary N) is 1. The van der Waals surface area contributed by atoms with E-state index in [4.69, 9.17) is 10.6 Å². The first kappa shape index (κ1) is 22.1. The molecule has 1 atom stereocenters. The number of aromatic nitrogens is 2. The van der Waals surface area contributed by atoms with Crippen molar-refractivity contribution in [1.29, 1.82) is 0 Å². The van der Waals surface area contributed by atoms with E-state index in [0.717, 1.165) is 67.1 Å². The maximum Gasteiger partial charge on any atom is 0.253 e. The third-order valence-electron chi connectivity index (χ3n) is 7.58. The number of H-pyrrole nitrogens is 1. The Kier molecular flexibility index (Phi) is 5.91. The molecule has 3 aromatic rings. The molecule has 1 saturated carbocycles. The highest BCUT2D eigenvalue weighted by atomic mass is 16.5. The van der Waals surface area contributed by atoms with Crippen LogP contribution in [-0.2, 0) is 9.53 Å². The Balaban J connectivity index is 1.37. The molecule has 6 rings (SSSR count). The molecule has 0 spiro atoms. The average molecular weight is 473 g/mol. The molecule has 2 aromatic carbocycles. The van der Waals surface area contributed by atoms with Crippen molar-refractivity contribution in [3.63, 3.8) is 0 Å². The van der Waals surface area contributed by atoms with Crippen molar-refractivity contribution in [2.45, 2.75) is 44.2 Å². The second-order valence-corrected chi connectivity index (χ2v) is 9.67. The van der Waals surface area contributed by atoms with Gasteiger partial charge in [-0.15, -0.1) is 0 Å². The third kappa shape index (κ3) is 4.17. The SMILES string of the molecule is NN(C1=CC(=O)N(c2ccc3nc[nH]c3c2)C1c1ccc(N2CCOCC2)cc1)C1CCCCC1. The smallest absolute Gasteiger partial charge is 0.253 e. The summed E-state index contributed by atoms with van der Waals surface area (Å²) in [4.78, 5) is 25.2. The maximum absolute atomic E-state index is 13.5. The van der Waals surface area contributed by atoms with Gasteiger partial charge in [0, 0.05) is 36.6 Å². The summed E-state index contributed by atoms with van der Waals surface area (Å²) in [5.74, 6) is 6.70. The molecule has 3 aliphatic rings. The molecule has 3 heterocycles. The van der Waals surface area contributed by atoms with Crippen LogP contribution in [0.5, 0.6) is 0 Å². The molecule has 0 bridgehead atoms. The lowest BCUT2D eigenvalue weighted by Crippen LogP contribution is -2.44. The Hall–Kier alpha value is -3.36. The Labute approximate surface area is 205 Å². The Morgan fingerprint density at radius 1 is 1.00 bits per heavy atom. The van der Waals surface area contributed by atoms with Gasteiger partial charge in [-0.2, -0.15) is 0 Å². The number of carbonyl (C=O) groups excluding carboxylic acids is 1. The molecule has 35 heavy (non-hydrogen) atoms. The molecule has 1 aromatic heterocycles. The number of fused-ring (bicyclic) bond motifs is 1. The predicted molar refractivity (Wildman–Crippen MR) is 137 cm³/mol. The van der Waals surface area contributed by atoms with E-state index in [1.807, 2.05) is 28.1 Å².